The molecular formula is C28H31F2N3O. The van der Waals surface area contributed by atoms with Crippen LogP contribution < -0.4 is 0 Å². The van der Waals surface area contributed by atoms with Crippen molar-refractivity contribution < 1.29 is 13.5 Å². The molecule has 0 aromatic heterocycles. The maximum absolute atomic E-state index is 14.3. The fourth-order valence-corrected chi connectivity index (χ4v) is 6.67. The van der Waals surface area contributed by atoms with Crippen molar-refractivity contribution in [3.05, 3.63) is 82.9 Å². The number of fused-ring (bicyclic) bond motifs is 2. The summed E-state index contributed by atoms with van der Waals surface area (Å²) in [6, 6.07) is 14.0. The van der Waals surface area contributed by atoms with Gasteiger partial charge in [0.2, 0.25) is 0 Å². The first kappa shape index (κ1) is 23.1. The van der Waals surface area contributed by atoms with Crippen molar-refractivity contribution in [1.29, 1.82) is 10.8 Å². The number of ether oxygens (including phenoxy) is 1. The average Bonchev–Trinajstić information content (AvgIpc) is 3.16. The third-order valence-electron chi connectivity index (χ3n) is 8.44. The molecule has 178 valence electrons. The second-order valence-corrected chi connectivity index (χ2v) is 10.3. The lowest BCUT2D eigenvalue weighted by Gasteiger charge is -2.47. The van der Waals surface area contributed by atoms with Gasteiger partial charge in [0, 0.05) is 30.8 Å². The molecule has 2 N–H and O–H groups in total. The van der Waals surface area contributed by atoms with Crippen LogP contribution in [0.5, 0.6) is 0 Å². The van der Waals surface area contributed by atoms with Gasteiger partial charge in [-0.25, -0.2) is 8.78 Å². The van der Waals surface area contributed by atoms with Gasteiger partial charge in [-0.15, -0.1) is 0 Å². The minimum absolute atomic E-state index is 0.0586. The van der Waals surface area contributed by atoms with Gasteiger partial charge in [-0.05, 0) is 53.5 Å². The molecule has 0 radical (unpaired) electrons. The molecule has 1 aliphatic heterocycles. The largest absolute Gasteiger partial charge is 0.375 e. The summed E-state index contributed by atoms with van der Waals surface area (Å²) in [5, 5.41) is 17.7. The van der Waals surface area contributed by atoms with Crippen molar-refractivity contribution in [2.75, 3.05) is 19.7 Å². The van der Waals surface area contributed by atoms with Crippen LogP contribution in [-0.2, 0) is 11.3 Å². The van der Waals surface area contributed by atoms with Gasteiger partial charge < -0.3 is 15.6 Å². The summed E-state index contributed by atoms with van der Waals surface area (Å²) >= 11 is 0. The van der Waals surface area contributed by atoms with Gasteiger partial charge in [0.15, 0.2) is 0 Å². The Hall–Kier alpha value is -2.70. The minimum Gasteiger partial charge on any atom is -0.375 e. The second-order valence-electron chi connectivity index (χ2n) is 10.3. The fraction of sp³-hybridized carbons (Fsp3) is 0.429. The normalized spacial score (nSPS) is 29.6. The molecule has 3 fully saturated rings. The molecule has 2 aromatic rings. The number of nitrogens with zero attached hydrogens (tertiary/aromatic N) is 1. The molecule has 0 unspecified atom stereocenters. The standard InChI is InChI=1S/C28H31F2N3O/c1-27(2)20-11-12-28(27,24-17-33(13-14-34-24)16-18-7-4-3-5-8-18)26(32)19(20)15-23(31)25-21(29)9-6-10-22(25)30/h3-10,15,20,24,31-32H,11-14,16-17H2,1-2H3/b19-15-,31-23?,32-26?/t20-,24+,28-/m0/s1. The van der Waals surface area contributed by atoms with E-state index in [0.29, 0.717) is 12.3 Å². The molecule has 5 rings (SSSR count). The average molecular weight is 464 g/mol. The van der Waals surface area contributed by atoms with E-state index in [4.69, 9.17) is 10.1 Å². The number of benzene rings is 2. The van der Waals surface area contributed by atoms with Crippen molar-refractivity contribution in [3.8, 4) is 0 Å². The Kier molecular flexibility index (Phi) is 5.77. The lowest BCUT2D eigenvalue weighted by molar-refractivity contribution is -0.100. The Bertz CT molecular complexity index is 1140. The molecule has 6 heteroatoms. The molecule has 2 bridgehead atoms. The number of allylic oxidation sites excluding steroid dienone is 2. The van der Waals surface area contributed by atoms with Crippen LogP contribution in [0.25, 0.3) is 0 Å². The van der Waals surface area contributed by atoms with E-state index in [1.165, 1.54) is 29.8 Å². The molecule has 0 amide bonds. The fourth-order valence-electron chi connectivity index (χ4n) is 6.67. The third kappa shape index (κ3) is 3.46. The van der Waals surface area contributed by atoms with E-state index in [0.717, 1.165) is 38.0 Å². The predicted molar refractivity (Wildman–Crippen MR) is 129 cm³/mol. The Labute approximate surface area is 199 Å². The van der Waals surface area contributed by atoms with Crippen molar-refractivity contribution in [3.63, 3.8) is 0 Å². The predicted octanol–water partition coefficient (Wildman–Crippen LogP) is 5.62. The number of rotatable bonds is 5. The monoisotopic (exact) mass is 463 g/mol. The van der Waals surface area contributed by atoms with Crippen LogP contribution in [0.2, 0.25) is 0 Å². The van der Waals surface area contributed by atoms with Crippen molar-refractivity contribution >= 4 is 11.4 Å². The summed E-state index contributed by atoms with van der Waals surface area (Å²) in [4.78, 5) is 2.40. The topological polar surface area (TPSA) is 60.2 Å². The molecular weight excluding hydrogens is 432 g/mol. The first-order valence-electron chi connectivity index (χ1n) is 12.0. The van der Waals surface area contributed by atoms with E-state index < -0.39 is 17.0 Å². The zero-order valence-corrected chi connectivity index (χ0v) is 19.7. The summed E-state index contributed by atoms with van der Waals surface area (Å²) in [6.45, 7) is 7.41. The molecule has 1 heterocycles. The van der Waals surface area contributed by atoms with Gasteiger partial charge in [-0.1, -0.05) is 50.2 Å². The Balaban J connectivity index is 1.44. The summed E-state index contributed by atoms with van der Waals surface area (Å²) < 4.78 is 35.0. The van der Waals surface area contributed by atoms with Crippen LogP contribution in [0.15, 0.2) is 60.2 Å². The van der Waals surface area contributed by atoms with Crippen molar-refractivity contribution in [2.24, 2.45) is 16.7 Å². The summed E-state index contributed by atoms with van der Waals surface area (Å²) in [7, 11) is 0. The molecule has 34 heavy (non-hydrogen) atoms. The van der Waals surface area contributed by atoms with Crippen LogP contribution >= 0.6 is 0 Å². The Morgan fingerprint density at radius 1 is 1.12 bits per heavy atom. The molecule has 0 spiro atoms. The summed E-state index contributed by atoms with van der Waals surface area (Å²) in [6.07, 6.45) is 3.13. The highest BCUT2D eigenvalue weighted by Gasteiger charge is 2.68. The van der Waals surface area contributed by atoms with E-state index in [2.05, 4.69) is 30.9 Å². The summed E-state index contributed by atoms with van der Waals surface area (Å²) in [5.41, 5.74) is 1.18. The van der Waals surface area contributed by atoms with E-state index in [1.54, 1.807) is 0 Å². The van der Waals surface area contributed by atoms with E-state index in [9.17, 15) is 14.2 Å². The molecule has 2 saturated carbocycles. The smallest absolute Gasteiger partial charge is 0.135 e. The number of morpholine rings is 1. The third-order valence-corrected chi connectivity index (χ3v) is 8.44. The molecule has 2 aliphatic carbocycles. The van der Waals surface area contributed by atoms with Gasteiger partial charge in [0.1, 0.15) is 11.6 Å². The zero-order chi connectivity index (χ0) is 24.1. The van der Waals surface area contributed by atoms with Crippen molar-refractivity contribution in [1.82, 2.24) is 4.90 Å². The molecule has 1 saturated heterocycles. The SMILES string of the molecule is CC1(C)[C@H]2CC[C@]1([C@H]1CN(Cc3ccccc3)CCO1)C(=N)/C2=C\C(=N)c1c(F)cccc1F. The summed E-state index contributed by atoms with van der Waals surface area (Å²) in [5.74, 6) is -1.45. The van der Waals surface area contributed by atoms with Crippen LogP contribution in [0.4, 0.5) is 8.78 Å². The quantitative estimate of drug-likeness (QED) is 0.566. The maximum Gasteiger partial charge on any atom is 0.135 e. The second kappa shape index (κ2) is 8.51. The maximum atomic E-state index is 14.3. The highest BCUT2D eigenvalue weighted by Crippen LogP contribution is 2.68. The first-order chi connectivity index (χ1) is 16.3. The van der Waals surface area contributed by atoms with Crippen LogP contribution in [-0.4, -0.2) is 42.1 Å². The van der Waals surface area contributed by atoms with E-state index >= 15 is 0 Å². The van der Waals surface area contributed by atoms with Crippen LogP contribution in [0, 0.1) is 39.2 Å². The Morgan fingerprint density at radius 2 is 1.82 bits per heavy atom. The van der Waals surface area contributed by atoms with E-state index in [-0.39, 0.29) is 28.7 Å². The lowest BCUT2D eigenvalue weighted by Crippen LogP contribution is -2.55. The lowest BCUT2D eigenvalue weighted by atomic mass is 9.64. The van der Waals surface area contributed by atoms with E-state index in [1.807, 2.05) is 18.2 Å². The minimum atomic E-state index is -0.752. The molecule has 2 aromatic carbocycles. The van der Waals surface area contributed by atoms with Gasteiger partial charge in [-0.2, -0.15) is 0 Å². The number of hydrogen-bond donors (Lipinski definition) is 2. The molecule has 3 aliphatic rings. The van der Waals surface area contributed by atoms with Gasteiger partial charge in [0.25, 0.3) is 0 Å². The highest BCUT2D eigenvalue weighted by atomic mass is 19.1. The number of hydrogen-bond acceptors (Lipinski definition) is 4. The molecule has 3 atom stereocenters. The van der Waals surface area contributed by atoms with Crippen molar-refractivity contribution in [2.45, 2.75) is 39.3 Å². The number of nitrogens with one attached hydrogen (secondary N) is 2. The van der Waals surface area contributed by atoms with Crippen LogP contribution in [0.3, 0.4) is 0 Å². The zero-order valence-electron chi connectivity index (χ0n) is 19.7. The first-order valence-corrected chi connectivity index (χ1v) is 12.0. The highest BCUT2D eigenvalue weighted by molar-refractivity contribution is 6.15. The number of halogens is 2. The molecule has 4 nitrogen and oxygen atoms in total. The van der Waals surface area contributed by atoms with Gasteiger partial charge in [0.05, 0.1) is 24.0 Å². The van der Waals surface area contributed by atoms with Gasteiger partial charge in [-0.3, -0.25) is 4.90 Å². The van der Waals surface area contributed by atoms with Crippen LogP contribution in [0.1, 0.15) is 37.8 Å². The van der Waals surface area contributed by atoms with Gasteiger partial charge >= 0.3 is 0 Å². The Morgan fingerprint density at radius 3 is 2.53 bits per heavy atom.